The Morgan fingerprint density at radius 1 is 1.03 bits per heavy atom. The molecule has 4 rings (SSSR count). The zero-order chi connectivity index (χ0) is 27.6. The molecule has 0 saturated carbocycles. The number of nitrogens with one attached hydrogen (secondary N) is 1. The normalized spacial score (nSPS) is 14.8. The molecule has 0 spiro atoms. The number of nitrogens with zero attached hydrogens (tertiary/aromatic N) is 2. The van der Waals surface area contributed by atoms with E-state index in [1.54, 1.807) is 6.07 Å². The van der Waals surface area contributed by atoms with E-state index < -0.39 is 38.5 Å². The van der Waals surface area contributed by atoms with E-state index in [2.05, 4.69) is 15.9 Å². The number of hydrogen-bond acceptors (Lipinski definition) is 9. The molecule has 1 saturated heterocycles. The maximum absolute atomic E-state index is 13.1. The number of methoxy groups -OCH3 is 1. The summed E-state index contributed by atoms with van der Waals surface area (Å²) < 4.78 is 36.0. The van der Waals surface area contributed by atoms with Crippen LogP contribution in [0.1, 0.15) is 5.56 Å². The van der Waals surface area contributed by atoms with Gasteiger partial charge in [-0.1, -0.05) is 24.3 Å². The summed E-state index contributed by atoms with van der Waals surface area (Å²) in [6, 6.07) is 13.8. The van der Waals surface area contributed by atoms with Gasteiger partial charge < -0.3 is 8.92 Å². The van der Waals surface area contributed by atoms with E-state index in [4.69, 9.17) is 8.92 Å². The fourth-order valence-corrected chi connectivity index (χ4v) is 5.08. The van der Waals surface area contributed by atoms with E-state index in [0.717, 1.165) is 12.1 Å². The van der Waals surface area contributed by atoms with Gasteiger partial charge in [0, 0.05) is 12.1 Å². The highest BCUT2D eigenvalue weighted by Crippen LogP contribution is 2.39. The van der Waals surface area contributed by atoms with Crippen LogP contribution in [0.3, 0.4) is 0 Å². The van der Waals surface area contributed by atoms with Crippen molar-refractivity contribution in [1.82, 2.24) is 5.32 Å². The molecule has 1 N–H and O–H groups in total. The minimum absolute atomic E-state index is 0.0407. The average molecular weight is 602 g/mol. The predicted octanol–water partition coefficient (Wildman–Crippen LogP) is 3.80. The van der Waals surface area contributed by atoms with Gasteiger partial charge in [-0.2, -0.15) is 8.42 Å². The third kappa shape index (κ3) is 5.26. The van der Waals surface area contributed by atoms with Crippen molar-refractivity contribution < 1.29 is 36.6 Å². The van der Waals surface area contributed by atoms with Gasteiger partial charge in [-0.15, -0.1) is 0 Å². The summed E-state index contributed by atoms with van der Waals surface area (Å²) in [5.74, 6) is -2.24. The van der Waals surface area contributed by atoms with Gasteiger partial charge in [0.25, 0.3) is 17.5 Å². The molecule has 1 heterocycles. The molecule has 12 nitrogen and oxygen atoms in total. The number of amides is 4. The Kier molecular flexibility index (Phi) is 7.28. The number of nitro benzene ring substituents is 1. The molecule has 3 aromatic carbocycles. The Labute approximate surface area is 223 Å². The van der Waals surface area contributed by atoms with Crippen LogP contribution in [0.25, 0.3) is 6.08 Å². The van der Waals surface area contributed by atoms with Crippen LogP contribution >= 0.6 is 15.9 Å². The largest absolute Gasteiger partial charge is 0.493 e. The first-order valence-corrected chi connectivity index (χ1v) is 12.7. The minimum Gasteiger partial charge on any atom is -0.493 e. The second-order valence-corrected chi connectivity index (χ2v) is 10.0. The second kappa shape index (κ2) is 10.4. The summed E-state index contributed by atoms with van der Waals surface area (Å²) in [7, 11) is -2.95. The zero-order valence-corrected chi connectivity index (χ0v) is 21.7. The molecule has 1 fully saturated rings. The highest BCUT2D eigenvalue weighted by Gasteiger charge is 2.37. The summed E-state index contributed by atoms with van der Waals surface area (Å²) >= 11 is 3.23. The number of hydrogen-bond donors (Lipinski definition) is 1. The first kappa shape index (κ1) is 26.5. The van der Waals surface area contributed by atoms with E-state index in [1.165, 1.54) is 61.7 Å². The Bertz CT molecular complexity index is 1620. The molecule has 0 aliphatic carbocycles. The van der Waals surface area contributed by atoms with Crippen LogP contribution in [0.4, 0.5) is 16.2 Å². The standard InChI is InChI=1S/C24H16BrN3O9S/c1-36-20-12-14(11-19(25)21(20)37-38(34,35)17-8-3-2-4-9-17)10-18-22(29)26-24(31)27(23(18)30)15-6-5-7-16(13-15)28(32)33/h2-13H,1H3,(H,26,29,31)/b18-10+. The van der Waals surface area contributed by atoms with Crippen molar-refractivity contribution >= 4 is 61.3 Å². The highest BCUT2D eigenvalue weighted by atomic mass is 79.9. The van der Waals surface area contributed by atoms with Crippen molar-refractivity contribution in [3.63, 3.8) is 0 Å². The first-order chi connectivity index (χ1) is 18.0. The van der Waals surface area contributed by atoms with E-state index in [-0.39, 0.29) is 37.8 Å². The smallest absolute Gasteiger partial charge is 0.339 e. The summed E-state index contributed by atoms with van der Waals surface area (Å²) in [6.07, 6.45) is 1.15. The quantitative estimate of drug-likeness (QED) is 0.139. The number of benzene rings is 3. The maximum atomic E-state index is 13.1. The Morgan fingerprint density at radius 3 is 2.39 bits per heavy atom. The van der Waals surface area contributed by atoms with Crippen molar-refractivity contribution in [3.05, 3.63) is 92.5 Å². The van der Waals surface area contributed by atoms with E-state index in [0.29, 0.717) is 4.90 Å². The van der Waals surface area contributed by atoms with Gasteiger partial charge in [0.05, 0.1) is 22.2 Å². The Morgan fingerprint density at radius 2 is 1.74 bits per heavy atom. The maximum Gasteiger partial charge on any atom is 0.339 e. The number of non-ortho nitro benzene ring substituents is 1. The fraction of sp³-hybridized carbons (Fsp3) is 0.0417. The van der Waals surface area contributed by atoms with E-state index in [1.807, 2.05) is 5.32 Å². The van der Waals surface area contributed by atoms with Crippen LogP contribution in [0.5, 0.6) is 11.5 Å². The van der Waals surface area contributed by atoms with Crippen LogP contribution in [0.2, 0.25) is 0 Å². The SMILES string of the molecule is COc1cc(/C=C2\C(=O)NC(=O)N(c3cccc([N+](=O)[O-])c3)C2=O)cc(Br)c1OS(=O)(=O)c1ccccc1. The van der Waals surface area contributed by atoms with Crippen LogP contribution in [-0.2, 0) is 19.7 Å². The number of rotatable bonds is 7. The lowest BCUT2D eigenvalue weighted by Gasteiger charge is -2.26. The van der Waals surface area contributed by atoms with Crippen LogP contribution in [-0.4, -0.2) is 38.3 Å². The minimum atomic E-state index is -4.22. The van der Waals surface area contributed by atoms with Gasteiger partial charge in [-0.05, 0) is 57.9 Å². The zero-order valence-electron chi connectivity index (χ0n) is 19.3. The van der Waals surface area contributed by atoms with E-state index in [9.17, 15) is 32.9 Å². The number of carbonyl (C=O) groups is 3. The topological polar surface area (TPSA) is 162 Å². The number of halogens is 1. The molecule has 38 heavy (non-hydrogen) atoms. The van der Waals surface area contributed by atoms with Gasteiger partial charge in [-0.25, -0.2) is 9.69 Å². The van der Waals surface area contributed by atoms with Gasteiger partial charge >= 0.3 is 16.1 Å². The monoisotopic (exact) mass is 601 g/mol. The lowest BCUT2D eigenvalue weighted by Crippen LogP contribution is -2.54. The van der Waals surface area contributed by atoms with Crippen molar-refractivity contribution in [2.24, 2.45) is 0 Å². The fourth-order valence-electron chi connectivity index (χ4n) is 3.45. The molecule has 0 bridgehead atoms. The number of carbonyl (C=O) groups excluding carboxylic acids is 3. The molecule has 14 heteroatoms. The molecular formula is C24H16BrN3O9S. The highest BCUT2D eigenvalue weighted by molar-refractivity contribution is 9.10. The molecule has 4 amide bonds. The summed E-state index contributed by atoms with van der Waals surface area (Å²) in [6.45, 7) is 0. The molecular weight excluding hydrogens is 586 g/mol. The van der Waals surface area contributed by atoms with Gasteiger partial charge in [-0.3, -0.25) is 25.0 Å². The van der Waals surface area contributed by atoms with Crippen molar-refractivity contribution in [1.29, 1.82) is 0 Å². The van der Waals surface area contributed by atoms with Crippen LogP contribution in [0, 0.1) is 10.1 Å². The lowest BCUT2D eigenvalue weighted by atomic mass is 10.1. The number of urea groups is 1. The summed E-state index contributed by atoms with van der Waals surface area (Å²) in [5.41, 5.74) is -0.727. The average Bonchev–Trinajstić information content (AvgIpc) is 2.88. The van der Waals surface area contributed by atoms with Crippen molar-refractivity contribution in [2.75, 3.05) is 12.0 Å². The number of ether oxygens (including phenoxy) is 1. The Balaban J connectivity index is 1.71. The first-order valence-electron chi connectivity index (χ1n) is 10.5. The third-order valence-corrected chi connectivity index (χ3v) is 7.01. The molecule has 194 valence electrons. The molecule has 0 unspecified atom stereocenters. The van der Waals surface area contributed by atoms with Crippen LogP contribution in [0.15, 0.2) is 81.7 Å². The summed E-state index contributed by atoms with van der Waals surface area (Å²) in [5, 5.41) is 13.1. The number of nitro groups is 1. The number of imide groups is 2. The predicted molar refractivity (Wildman–Crippen MR) is 137 cm³/mol. The van der Waals surface area contributed by atoms with Crippen LogP contribution < -0.4 is 19.1 Å². The summed E-state index contributed by atoms with van der Waals surface area (Å²) in [4.78, 5) is 49.0. The molecule has 0 aromatic heterocycles. The van der Waals surface area contributed by atoms with Crippen molar-refractivity contribution in [2.45, 2.75) is 4.90 Å². The molecule has 0 radical (unpaired) electrons. The van der Waals surface area contributed by atoms with Gasteiger partial charge in [0.2, 0.25) is 0 Å². The third-order valence-electron chi connectivity index (χ3n) is 5.19. The lowest BCUT2D eigenvalue weighted by molar-refractivity contribution is -0.384. The molecule has 1 aliphatic heterocycles. The molecule has 0 atom stereocenters. The second-order valence-electron chi connectivity index (χ2n) is 7.62. The van der Waals surface area contributed by atoms with Gasteiger partial charge in [0.1, 0.15) is 10.5 Å². The van der Waals surface area contributed by atoms with E-state index >= 15 is 0 Å². The molecule has 3 aromatic rings. The molecule has 1 aliphatic rings. The Hall–Kier alpha value is -4.56. The number of anilines is 1. The van der Waals surface area contributed by atoms with Gasteiger partial charge in [0.15, 0.2) is 11.5 Å². The van der Waals surface area contributed by atoms with Crippen molar-refractivity contribution in [3.8, 4) is 11.5 Å². The number of barbiturate groups is 1.